The molecule has 0 unspecified atom stereocenters. The monoisotopic (exact) mass is 425 g/mol. The van der Waals surface area contributed by atoms with E-state index in [9.17, 15) is 19.1 Å². The zero-order chi connectivity index (χ0) is 22.5. The number of aromatic carboxylic acids is 1. The highest BCUT2D eigenvalue weighted by Crippen LogP contribution is 2.41. The van der Waals surface area contributed by atoms with Crippen molar-refractivity contribution < 1.29 is 19.0 Å². The van der Waals surface area contributed by atoms with Crippen LogP contribution in [0.2, 0.25) is 0 Å². The number of pyridine rings is 1. The van der Waals surface area contributed by atoms with Crippen molar-refractivity contribution in [3.05, 3.63) is 58.1 Å². The number of aromatic nitrogens is 3. The molecule has 8 heteroatoms. The van der Waals surface area contributed by atoms with Crippen molar-refractivity contribution in [2.75, 3.05) is 6.61 Å². The Kier molecular flexibility index (Phi) is 4.95. The number of hydrogen-bond donors (Lipinski definition) is 1. The van der Waals surface area contributed by atoms with E-state index in [-0.39, 0.29) is 22.6 Å². The molecule has 0 saturated heterocycles. The Morgan fingerprint density at radius 2 is 2.03 bits per heavy atom. The number of halogens is 1. The van der Waals surface area contributed by atoms with Gasteiger partial charge in [-0.05, 0) is 30.5 Å². The topological polar surface area (TPSA) is 86.3 Å². The molecule has 1 N–H and O–H groups in total. The van der Waals surface area contributed by atoms with Gasteiger partial charge in [0.1, 0.15) is 17.1 Å². The van der Waals surface area contributed by atoms with Crippen molar-refractivity contribution >= 4 is 5.97 Å². The minimum absolute atomic E-state index is 0.159. The Morgan fingerprint density at radius 1 is 1.29 bits per heavy atom. The number of carboxylic acids is 1. The van der Waals surface area contributed by atoms with Crippen LogP contribution in [0.3, 0.4) is 0 Å². The van der Waals surface area contributed by atoms with E-state index >= 15 is 0 Å². The quantitative estimate of drug-likeness (QED) is 0.677. The van der Waals surface area contributed by atoms with Crippen LogP contribution in [0, 0.1) is 11.2 Å². The van der Waals surface area contributed by atoms with Gasteiger partial charge in [0.25, 0.3) is 0 Å². The predicted molar refractivity (Wildman–Crippen MR) is 114 cm³/mol. The Bertz CT molecular complexity index is 1240. The molecule has 3 aromatic rings. The number of hydrogen-bond acceptors (Lipinski definition) is 4. The van der Waals surface area contributed by atoms with Gasteiger partial charge in [-0.15, -0.1) is 0 Å². The zero-order valence-corrected chi connectivity index (χ0v) is 17.8. The maximum absolute atomic E-state index is 14.7. The molecule has 7 nitrogen and oxygen atoms in total. The molecule has 3 heterocycles. The summed E-state index contributed by atoms with van der Waals surface area (Å²) >= 11 is 0. The number of benzene rings is 1. The normalized spacial score (nSPS) is 15.3. The Morgan fingerprint density at radius 3 is 2.68 bits per heavy atom. The zero-order valence-electron chi connectivity index (χ0n) is 17.8. The molecule has 0 amide bonds. The maximum Gasteiger partial charge on any atom is 0.341 e. The fourth-order valence-corrected chi connectivity index (χ4v) is 4.03. The number of rotatable bonds is 4. The predicted octanol–water partition coefficient (Wildman–Crippen LogP) is 4.22. The van der Waals surface area contributed by atoms with Crippen LogP contribution >= 0.6 is 0 Å². The van der Waals surface area contributed by atoms with Gasteiger partial charge in [0, 0.05) is 12.3 Å². The van der Waals surface area contributed by atoms with Crippen LogP contribution in [-0.4, -0.2) is 32.0 Å². The molecular formula is C23H24FN3O4. The van der Waals surface area contributed by atoms with Crippen LogP contribution in [0.15, 0.2) is 41.3 Å². The standard InChI is InChI=1S/C23H24FN3O4/c1-5-31-19-8-6-7-14(24)21(19)15-9-17-16-10-18(28)13(22(29)30)11-26(16)20(23(2,3)4)12-27(17)25-15/h6-11,20H,5,12H2,1-4H3,(H,29,30)/t20-/m0/s1. The van der Waals surface area contributed by atoms with Crippen molar-refractivity contribution in [2.45, 2.75) is 40.3 Å². The summed E-state index contributed by atoms with van der Waals surface area (Å²) in [5, 5.41) is 14.1. The fourth-order valence-electron chi connectivity index (χ4n) is 4.03. The van der Waals surface area contributed by atoms with E-state index in [1.807, 2.05) is 32.3 Å². The molecule has 1 aliphatic rings. The van der Waals surface area contributed by atoms with Crippen LogP contribution in [0.5, 0.6) is 5.75 Å². The number of ether oxygens (including phenoxy) is 1. The second kappa shape index (κ2) is 7.37. The molecule has 0 radical (unpaired) electrons. The van der Waals surface area contributed by atoms with Gasteiger partial charge in [0.15, 0.2) is 5.43 Å². The number of carboxylic acid groups (broad SMARTS) is 1. The first-order valence-corrected chi connectivity index (χ1v) is 10.1. The van der Waals surface area contributed by atoms with Gasteiger partial charge < -0.3 is 14.4 Å². The highest BCUT2D eigenvalue weighted by molar-refractivity contribution is 5.87. The number of nitrogens with zero attached hydrogens (tertiary/aromatic N) is 3. The molecule has 0 spiro atoms. The first-order chi connectivity index (χ1) is 14.6. The van der Waals surface area contributed by atoms with E-state index in [0.717, 1.165) is 0 Å². The second-order valence-corrected chi connectivity index (χ2v) is 8.67. The SMILES string of the molecule is CCOc1cccc(F)c1-c1cc2n(n1)C[C@@H](C(C)(C)C)n1cc(C(=O)O)c(=O)cc1-2. The molecule has 31 heavy (non-hydrogen) atoms. The lowest BCUT2D eigenvalue weighted by molar-refractivity contribution is 0.0693. The summed E-state index contributed by atoms with van der Waals surface area (Å²) in [6.07, 6.45) is 1.40. The van der Waals surface area contributed by atoms with E-state index in [1.54, 1.807) is 22.9 Å². The smallest absolute Gasteiger partial charge is 0.341 e. The van der Waals surface area contributed by atoms with E-state index in [2.05, 4.69) is 5.10 Å². The van der Waals surface area contributed by atoms with Gasteiger partial charge in [-0.3, -0.25) is 9.48 Å². The average Bonchev–Trinajstić information content (AvgIpc) is 3.10. The molecule has 0 fully saturated rings. The molecule has 4 rings (SSSR count). The third-order valence-electron chi connectivity index (χ3n) is 5.57. The van der Waals surface area contributed by atoms with Gasteiger partial charge >= 0.3 is 5.97 Å². The minimum Gasteiger partial charge on any atom is -0.493 e. The lowest BCUT2D eigenvalue weighted by Crippen LogP contribution is -2.35. The van der Waals surface area contributed by atoms with E-state index in [4.69, 9.17) is 4.74 Å². The molecule has 0 saturated carbocycles. The maximum atomic E-state index is 14.7. The molecule has 0 bridgehead atoms. The summed E-state index contributed by atoms with van der Waals surface area (Å²) in [6, 6.07) is 7.50. The highest BCUT2D eigenvalue weighted by atomic mass is 19.1. The molecular weight excluding hydrogens is 401 g/mol. The van der Waals surface area contributed by atoms with Gasteiger partial charge in [0.2, 0.25) is 0 Å². The molecule has 2 aromatic heterocycles. The third kappa shape index (κ3) is 3.52. The van der Waals surface area contributed by atoms with E-state index < -0.39 is 17.2 Å². The molecule has 0 aliphatic carbocycles. The minimum atomic E-state index is -1.26. The number of fused-ring (bicyclic) bond motifs is 3. The molecule has 162 valence electrons. The van der Waals surface area contributed by atoms with Crippen LogP contribution in [0.25, 0.3) is 22.6 Å². The van der Waals surface area contributed by atoms with Crippen LogP contribution in [-0.2, 0) is 6.54 Å². The van der Waals surface area contributed by atoms with Gasteiger partial charge in [-0.2, -0.15) is 5.10 Å². The van der Waals surface area contributed by atoms with Crippen molar-refractivity contribution in [1.82, 2.24) is 14.3 Å². The van der Waals surface area contributed by atoms with Crippen molar-refractivity contribution in [2.24, 2.45) is 5.41 Å². The average molecular weight is 425 g/mol. The van der Waals surface area contributed by atoms with Crippen molar-refractivity contribution in [3.63, 3.8) is 0 Å². The second-order valence-electron chi connectivity index (χ2n) is 8.67. The first kappa shape index (κ1) is 20.8. The third-order valence-corrected chi connectivity index (χ3v) is 5.57. The lowest BCUT2D eigenvalue weighted by atomic mass is 9.85. The molecule has 1 atom stereocenters. The first-order valence-electron chi connectivity index (χ1n) is 10.1. The van der Waals surface area contributed by atoms with Gasteiger partial charge in [-0.25, -0.2) is 9.18 Å². The summed E-state index contributed by atoms with van der Waals surface area (Å²) in [4.78, 5) is 24.0. The largest absolute Gasteiger partial charge is 0.493 e. The van der Waals surface area contributed by atoms with Crippen LogP contribution < -0.4 is 10.2 Å². The van der Waals surface area contributed by atoms with Gasteiger partial charge in [0.05, 0.1) is 41.8 Å². The van der Waals surface area contributed by atoms with Crippen molar-refractivity contribution in [3.8, 4) is 28.4 Å². The Balaban J connectivity index is 1.95. The van der Waals surface area contributed by atoms with Crippen LogP contribution in [0.4, 0.5) is 4.39 Å². The molecule has 1 aromatic carbocycles. The van der Waals surface area contributed by atoms with Crippen molar-refractivity contribution in [1.29, 1.82) is 0 Å². The summed E-state index contributed by atoms with van der Waals surface area (Å²) in [7, 11) is 0. The fraction of sp³-hybridized carbons (Fsp3) is 0.348. The number of carbonyl (C=O) groups is 1. The summed E-state index contributed by atoms with van der Waals surface area (Å²) in [5.41, 5.74) is 0.714. The van der Waals surface area contributed by atoms with E-state index in [1.165, 1.54) is 18.3 Å². The molecule has 1 aliphatic heterocycles. The highest BCUT2D eigenvalue weighted by Gasteiger charge is 2.35. The lowest BCUT2D eigenvalue weighted by Gasteiger charge is -2.38. The van der Waals surface area contributed by atoms with Crippen LogP contribution in [0.1, 0.15) is 44.1 Å². The van der Waals surface area contributed by atoms with Gasteiger partial charge in [-0.1, -0.05) is 26.8 Å². The summed E-state index contributed by atoms with van der Waals surface area (Å²) in [5.74, 6) is -1.32. The summed E-state index contributed by atoms with van der Waals surface area (Å²) in [6.45, 7) is 8.78. The Labute approximate surface area is 178 Å². The Hall–Kier alpha value is -3.42. The summed E-state index contributed by atoms with van der Waals surface area (Å²) < 4.78 is 23.9. The van der Waals surface area contributed by atoms with E-state index in [0.29, 0.717) is 36.0 Å².